The molecule has 0 saturated heterocycles. The Morgan fingerprint density at radius 1 is 1.23 bits per heavy atom. The molecule has 1 unspecified atom stereocenters. The fourth-order valence-corrected chi connectivity index (χ4v) is 1.64. The number of hydrogen-bond donors (Lipinski definition) is 3. The van der Waals surface area contributed by atoms with E-state index in [9.17, 15) is 19.0 Å². The largest absolute Gasteiger partial charge is 1.00 e. The number of carbonyl (C=O) groups is 1. The summed E-state index contributed by atoms with van der Waals surface area (Å²) in [6, 6.07) is 0. The Bertz CT molecular complexity index is 265. The molecule has 0 aromatic rings. The van der Waals surface area contributed by atoms with Gasteiger partial charge in [-0.15, -0.1) is 0 Å². The van der Waals surface area contributed by atoms with Crippen molar-refractivity contribution >= 4 is 21.8 Å². The number of rotatable bonds is 3. The summed E-state index contributed by atoms with van der Waals surface area (Å²) in [6.45, 7) is 0. The van der Waals surface area contributed by atoms with E-state index in [1.807, 2.05) is 0 Å². The van der Waals surface area contributed by atoms with E-state index < -0.39 is 21.8 Å². The van der Waals surface area contributed by atoms with E-state index in [0.29, 0.717) is 0 Å². The van der Waals surface area contributed by atoms with Gasteiger partial charge in [-0.25, -0.2) is 9.13 Å². The molecule has 12 heteroatoms. The maximum atomic E-state index is 10.2. The minimum Gasteiger partial charge on any atom is -0.455 e. The number of carbonyl (C=O) groups excluding carboxylic acids is 1. The molecule has 0 rings (SSSR count). The van der Waals surface area contributed by atoms with E-state index in [2.05, 4.69) is 8.83 Å². The van der Waals surface area contributed by atoms with Gasteiger partial charge in [-0.3, -0.25) is 0 Å². The Kier molecular flexibility index (Phi) is 6.72. The number of phosphoric acid groups is 2. The summed E-state index contributed by atoms with van der Waals surface area (Å²) in [6.07, 6.45) is -2.44. The molecule has 1 atom stereocenters. The SMILES string of the molecule is O=C([O-])OP(=O)(O)OP(=O)(O)O.[Na+]. The van der Waals surface area contributed by atoms with Crippen LogP contribution in [0.25, 0.3) is 0 Å². The first-order chi connectivity index (χ1) is 5.12. The second-order valence-corrected chi connectivity index (χ2v) is 4.14. The third-order valence-electron chi connectivity index (χ3n) is 0.399. The molecule has 72 valence electrons. The molecule has 0 aliphatic heterocycles. The zero-order chi connectivity index (χ0) is 9.99. The Hall–Kier alpha value is 0.570. The van der Waals surface area contributed by atoms with Crippen molar-refractivity contribution < 1.29 is 72.1 Å². The van der Waals surface area contributed by atoms with Crippen molar-refractivity contribution in [3.05, 3.63) is 0 Å². The standard InChI is InChI=1S/CH4O9P2.Na/c2-1(3)9-12(7,8)10-11(4,5)6;/h(H,2,3)(H,7,8)(H2,4,5,6);/q;+1/p-1. The molecule has 0 aliphatic rings. The van der Waals surface area contributed by atoms with Gasteiger partial charge in [0.2, 0.25) is 0 Å². The van der Waals surface area contributed by atoms with Gasteiger partial charge in [-0.2, -0.15) is 4.31 Å². The summed E-state index contributed by atoms with van der Waals surface area (Å²) >= 11 is 0. The first-order valence-corrected chi connectivity index (χ1v) is 5.15. The molecule has 0 aromatic carbocycles. The first-order valence-electron chi connectivity index (χ1n) is 2.13. The maximum absolute atomic E-state index is 10.2. The second kappa shape index (κ2) is 5.45. The zero-order valence-electron chi connectivity index (χ0n) is 6.19. The van der Waals surface area contributed by atoms with Crippen LogP contribution in [0.15, 0.2) is 0 Å². The van der Waals surface area contributed by atoms with Gasteiger partial charge in [0.25, 0.3) is 6.16 Å². The van der Waals surface area contributed by atoms with Crippen LogP contribution in [-0.4, -0.2) is 20.8 Å². The van der Waals surface area contributed by atoms with Gasteiger partial charge >= 0.3 is 45.2 Å². The number of carboxylic acid groups (broad SMARTS) is 1. The fraction of sp³-hybridized carbons (Fsp3) is 0. The van der Waals surface area contributed by atoms with Gasteiger partial charge in [0, 0.05) is 0 Å². The molecule has 0 radical (unpaired) electrons. The second-order valence-electron chi connectivity index (χ2n) is 1.38. The minimum absolute atomic E-state index is 0. The van der Waals surface area contributed by atoms with E-state index in [0.717, 1.165) is 0 Å². The van der Waals surface area contributed by atoms with E-state index in [1.165, 1.54) is 0 Å². The van der Waals surface area contributed by atoms with E-state index in [1.54, 1.807) is 0 Å². The zero-order valence-corrected chi connectivity index (χ0v) is 9.97. The molecule has 0 saturated carbocycles. The van der Waals surface area contributed by atoms with Gasteiger partial charge in [0.1, 0.15) is 0 Å². The van der Waals surface area contributed by atoms with Crippen LogP contribution in [0.2, 0.25) is 0 Å². The van der Waals surface area contributed by atoms with Crippen LogP contribution in [0.1, 0.15) is 0 Å². The molecule has 0 aromatic heterocycles. The molecule has 0 spiro atoms. The van der Waals surface area contributed by atoms with Gasteiger partial charge in [-0.1, -0.05) is 0 Å². The van der Waals surface area contributed by atoms with Crippen molar-refractivity contribution in [2.24, 2.45) is 0 Å². The Labute approximate surface area is 93.8 Å². The van der Waals surface area contributed by atoms with Gasteiger partial charge in [0.05, 0.1) is 0 Å². The van der Waals surface area contributed by atoms with Crippen LogP contribution in [-0.2, 0) is 18.0 Å². The number of hydrogen-bond acceptors (Lipinski definition) is 6. The summed E-state index contributed by atoms with van der Waals surface area (Å²) in [5.41, 5.74) is 0. The number of phosphoric ester groups is 1. The third kappa shape index (κ3) is 10.5. The summed E-state index contributed by atoms with van der Waals surface area (Å²) < 4.78 is 26.2. The molecule has 0 fully saturated rings. The van der Waals surface area contributed by atoms with Crippen molar-refractivity contribution in [2.75, 3.05) is 0 Å². The predicted molar refractivity (Wildman–Crippen MR) is 29.4 cm³/mol. The van der Waals surface area contributed by atoms with E-state index in [-0.39, 0.29) is 29.6 Å². The summed E-state index contributed by atoms with van der Waals surface area (Å²) in [4.78, 5) is 33.6. The third-order valence-corrected chi connectivity index (χ3v) is 2.46. The summed E-state index contributed by atoms with van der Waals surface area (Å²) in [5, 5.41) is 9.50. The smallest absolute Gasteiger partial charge is 0.455 e. The molecule has 9 nitrogen and oxygen atoms in total. The molecule has 0 bridgehead atoms. The molecule has 0 amide bonds. The predicted octanol–water partition coefficient (Wildman–Crippen LogP) is -4.44. The molecule has 0 aliphatic carbocycles. The van der Waals surface area contributed by atoms with Crippen LogP contribution in [0.3, 0.4) is 0 Å². The van der Waals surface area contributed by atoms with Crippen molar-refractivity contribution in [1.29, 1.82) is 0 Å². The molecule has 0 heterocycles. The normalized spacial score (nSPS) is 15.3. The van der Waals surface area contributed by atoms with Crippen molar-refractivity contribution in [3.8, 4) is 0 Å². The Balaban J connectivity index is 0. The van der Waals surface area contributed by atoms with Gasteiger partial charge < -0.3 is 29.1 Å². The van der Waals surface area contributed by atoms with Crippen LogP contribution < -0.4 is 34.7 Å². The molecule has 3 N–H and O–H groups in total. The van der Waals surface area contributed by atoms with Gasteiger partial charge in [-0.05, 0) is 0 Å². The first kappa shape index (κ1) is 16.0. The minimum atomic E-state index is -5.30. The summed E-state index contributed by atoms with van der Waals surface area (Å²) in [7, 11) is -10.6. The van der Waals surface area contributed by atoms with Crippen LogP contribution in [0.4, 0.5) is 4.79 Å². The monoisotopic (exact) mass is 244 g/mol. The average Bonchev–Trinajstić information content (AvgIpc) is 1.48. The topological polar surface area (TPSA) is 153 Å². The molecular formula is CH3NaO9P2. The van der Waals surface area contributed by atoms with E-state index >= 15 is 0 Å². The van der Waals surface area contributed by atoms with E-state index in [4.69, 9.17) is 14.7 Å². The van der Waals surface area contributed by atoms with Crippen molar-refractivity contribution in [1.82, 2.24) is 0 Å². The van der Waals surface area contributed by atoms with Crippen LogP contribution >= 0.6 is 15.6 Å². The summed E-state index contributed by atoms with van der Waals surface area (Å²) in [5.74, 6) is 0. The van der Waals surface area contributed by atoms with Crippen molar-refractivity contribution in [2.45, 2.75) is 0 Å². The van der Waals surface area contributed by atoms with Gasteiger partial charge in [0.15, 0.2) is 0 Å². The molecular weight excluding hydrogens is 241 g/mol. The quantitative estimate of drug-likeness (QED) is 0.329. The Morgan fingerprint density at radius 2 is 1.62 bits per heavy atom. The molecule has 13 heavy (non-hydrogen) atoms. The Morgan fingerprint density at radius 3 is 1.85 bits per heavy atom. The maximum Gasteiger partial charge on any atom is 1.00 e. The van der Waals surface area contributed by atoms with Crippen molar-refractivity contribution in [3.63, 3.8) is 0 Å². The fourth-order valence-electron chi connectivity index (χ4n) is 0.245. The van der Waals surface area contributed by atoms with Crippen LogP contribution in [0.5, 0.6) is 0 Å². The average molecular weight is 244 g/mol. The van der Waals surface area contributed by atoms with Crippen LogP contribution in [0, 0.1) is 0 Å².